The summed E-state index contributed by atoms with van der Waals surface area (Å²) in [4.78, 5) is 30.5. The van der Waals surface area contributed by atoms with Gasteiger partial charge in [0.1, 0.15) is 5.54 Å². The predicted octanol–water partition coefficient (Wildman–Crippen LogP) is 5.03. The Labute approximate surface area is 197 Å². The van der Waals surface area contributed by atoms with Gasteiger partial charge in [0.2, 0.25) is 11.8 Å². The molecule has 3 rings (SSSR count). The summed E-state index contributed by atoms with van der Waals surface area (Å²) < 4.78 is 0. The highest BCUT2D eigenvalue weighted by Gasteiger charge is 2.50. The van der Waals surface area contributed by atoms with Crippen molar-refractivity contribution >= 4 is 11.8 Å². The molecule has 5 heteroatoms. The van der Waals surface area contributed by atoms with E-state index in [9.17, 15) is 14.7 Å². The number of carbonyl (C=O) groups excluding carboxylic acids is 2. The molecule has 1 atom stereocenters. The lowest BCUT2D eigenvalue weighted by Crippen LogP contribution is -2.68. The monoisotopic (exact) mass is 448 g/mol. The van der Waals surface area contributed by atoms with Crippen molar-refractivity contribution in [1.29, 1.82) is 0 Å². The van der Waals surface area contributed by atoms with Gasteiger partial charge in [-0.3, -0.25) is 9.59 Å². The second-order valence-electron chi connectivity index (χ2n) is 9.63. The molecule has 5 nitrogen and oxygen atoms in total. The lowest BCUT2D eigenvalue weighted by Gasteiger charge is -2.51. The minimum atomic E-state index is -0.837. The van der Waals surface area contributed by atoms with Crippen LogP contribution in [0.2, 0.25) is 0 Å². The average Bonchev–Trinajstić information content (AvgIpc) is 2.70. The molecule has 0 aliphatic carbocycles. The van der Waals surface area contributed by atoms with E-state index in [1.807, 2.05) is 62.9 Å². The lowest BCUT2D eigenvalue weighted by atomic mass is 9.84. The summed E-state index contributed by atoms with van der Waals surface area (Å²) in [5.74, 6) is 0.0759. The zero-order valence-electron chi connectivity index (χ0n) is 20.4. The number of hydrogen-bond acceptors (Lipinski definition) is 3. The molecular formula is C28H36N2O3. The maximum Gasteiger partial charge on any atom is 0.248 e. The van der Waals surface area contributed by atoms with E-state index in [1.165, 1.54) is 0 Å². The zero-order chi connectivity index (χ0) is 24.2. The minimum absolute atomic E-state index is 0.0126. The number of carbonyl (C=O) groups is 2. The largest absolute Gasteiger partial charge is 0.513 e. The number of aliphatic hydroxyl groups is 1. The molecule has 1 N–H and O–H groups in total. The molecule has 1 fully saturated rings. The van der Waals surface area contributed by atoms with E-state index in [4.69, 9.17) is 0 Å². The Bertz CT molecular complexity index is 1020. The fraction of sp³-hybridized carbons (Fsp3) is 0.429. The van der Waals surface area contributed by atoms with Crippen LogP contribution in [0.1, 0.15) is 54.0 Å². The second kappa shape index (κ2) is 10.2. The van der Waals surface area contributed by atoms with Crippen LogP contribution in [0.5, 0.6) is 0 Å². The van der Waals surface area contributed by atoms with Crippen LogP contribution < -0.4 is 0 Å². The van der Waals surface area contributed by atoms with E-state index in [0.29, 0.717) is 45.3 Å². The molecule has 1 unspecified atom stereocenters. The number of aliphatic hydroxyl groups excluding tert-OH is 1. The molecule has 2 aromatic carbocycles. The Kier molecular flexibility index (Phi) is 7.62. The Morgan fingerprint density at radius 3 is 2.30 bits per heavy atom. The first kappa shape index (κ1) is 24.6. The Morgan fingerprint density at radius 1 is 1.06 bits per heavy atom. The third-order valence-electron chi connectivity index (χ3n) is 6.45. The molecule has 1 aliphatic rings. The smallest absolute Gasteiger partial charge is 0.248 e. The number of rotatable bonds is 9. The average molecular weight is 449 g/mol. The SMILES string of the molecule is C=C(O)CCCN(Cc1cccc(C)c1)C(=O)C1(C)CCN1C(=O)Cc1cc(C)cc(C)c1. The molecule has 0 saturated carbocycles. The topological polar surface area (TPSA) is 60.9 Å². The third kappa shape index (κ3) is 6.04. The van der Waals surface area contributed by atoms with Crippen molar-refractivity contribution in [3.8, 4) is 0 Å². The fourth-order valence-electron chi connectivity index (χ4n) is 4.72. The van der Waals surface area contributed by atoms with Gasteiger partial charge in [0.05, 0.1) is 12.2 Å². The molecule has 1 heterocycles. The van der Waals surface area contributed by atoms with E-state index in [2.05, 4.69) is 18.7 Å². The molecule has 2 aromatic rings. The second-order valence-corrected chi connectivity index (χ2v) is 9.63. The molecule has 1 aliphatic heterocycles. The summed E-state index contributed by atoms with van der Waals surface area (Å²) in [6, 6.07) is 14.3. The van der Waals surface area contributed by atoms with Crippen molar-refractivity contribution in [2.75, 3.05) is 13.1 Å². The molecule has 33 heavy (non-hydrogen) atoms. The lowest BCUT2D eigenvalue weighted by molar-refractivity contribution is -0.164. The molecule has 176 valence electrons. The maximum atomic E-state index is 13.7. The van der Waals surface area contributed by atoms with Crippen LogP contribution in [-0.2, 0) is 22.6 Å². The summed E-state index contributed by atoms with van der Waals surface area (Å²) in [7, 11) is 0. The summed E-state index contributed by atoms with van der Waals surface area (Å²) in [6.07, 6.45) is 2.03. The molecule has 0 spiro atoms. The predicted molar refractivity (Wildman–Crippen MR) is 132 cm³/mol. The van der Waals surface area contributed by atoms with Crippen LogP contribution in [0.4, 0.5) is 0 Å². The molecule has 1 saturated heterocycles. The number of benzene rings is 2. The highest BCUT2D eigenvalue weighted by molar-refractivity contribution is 5.93. The van der Waals surface area contributed by atoms with Crippen molar-refractivity contribution in [2.24, 2.45) is 0 Å². The van der Waals surface area contributed by atoms with Gasteiger partial charge in [0.15, 0.2) is 0 Å². The van der Waals surface area contributed by atoms with Crippen LogP contribution in [0, 0.1) is 20.8 Å². The normalized spacial score (nSPS) is 17.4. The fourth-order valence-corrected chi connectivity index (χ4v) is 4.72. The van der Waals surface area contributed by atoms with Crippen LogP contribution in [0.15, 0.2) is 54.8 Å². The van der Waals surface area contributed by atoms with Crippen molar-refractivity contribution in [2.45, 2.75) is 65.5 Å². The molecule has 0 aromatic heterocycles. The van der Waals surface area contributed by atoms with Crippen molar-refractivity contribution in [1.82, 2.24) is 9.80 Å². The number of hydrogen-bond donors (Lipinski definition) is 1. The van der Waals surface area contributed by atoms with Gasteiger partial charge in [-0.2, -0.15) is 0 Å². The minimum Gasteiger partial charge on any atom is -0.513 e. The summed E-state index contributed by atoms with van der Waals surface area (Å²) in [5.41, 5.74) is 4.61. The van der Waals surface area contributed by atoms with Crippen LogP contribution in [0.25, 0.3) is 0 Å². The van der Waals surface area contributed by atoms with Gasteiger partial charge in [-0.05, 0) is 51.7 Å². The third-order valence-corrected chi connectivity index (χ3v) is 6.45. The maximum absolute atomic E-state index is 13.7. The van der Waals surface area contributed by atoms with Crippen LogP contribution in [0.3, 0.4) is 0 Å². The summed E-state index contributed by atoms with van der Waals surface area (Å²) >= 11 is 0. The highest BCUT2D eigenvalue weighted by atomic mass is 16.3. The first-order valence-electron chi connectivity index (χ1n) is 11.7. The number of amides is 2. The highest BCUT2D eigenvalue weighted by Crippen LogP contribution is 2.34. The van der Waals surface area contributed by atoms with E-state index in [-0.39, 0.29) is 17.6 Å². The number of likely N-dealkylation sites (tertiary alicyclic amines) is 1. The van der Waals surface area contributed by atoms with E-state index in [1.54, 1.807) is 4.90 Å². The quantitative estimate of drug-likeness (QED) is 0.548. The molecule has 0 bridgehead atoms. The summed E-state index contributed by atoms with van der Waals surface area (Å²) in [5, 5.41) is 9.49. The first-order chi connectivity index (χ1) is 15.6. The summed E-state index contributed by atoms with van der Waals surface area (Å²) in [6.45, 7) is 13.1. The van der Waals surface area contributed by atoms with E-state index in [0.717, 1.165) is 27.8 Å². The van der Waals surface area contributed by atoms with Gasteiger partial charge < -0.3 is 14.9 Å². The van der Waals surface area contributed by atoms with E-state index < -0.39 is 5.54 Å². The van der Waals surface area contributed by atoms with Crippen molar-refractivity contribution < 1.29 is 14.7 Å². The van der Waals surface area contributed by atoms with Gasteiger partial charge >= 0.3 is 0 Å². The van der Waals surface area contributed by atoms with Crippen molar-refractivity contribution in [3.63, 3.8) is 0 Å². The number of nitrogens with zero attached hydrogens (tertiary/aromatic N) is 2. The van der Waals surface area contributed by atoms with Gasteiger partial charge in [0.25, 0.3) is 0 Å². The Morgan fingerprint density at radius 2 is 1.73 bits per heavy atom. The standard InChI is InChI=1S/C28H36N2O3/c1-20-8-6-10-24(15-20)19-29(12-7-9-23(4)31)27(33)28(5)11-13-30(28)26(32)18-25-16-21(2)14-22(3)17-25/h6,8,10,14-17,31H,4,7,9,11-13,18-19H2,1-3,5H3. The van der Waals surface area contributed by atoms with Gasteiger partial charge in [-0.25, -0.2) is 0 Å². The van der Waals surface area contributed by atoms with E-state index >= 15 is 0 Å². The molecular weight excluding hydrogens is 412 g/mol. The first-order valence-corrected chi connectivity index (χ1v) is 11.7. The Hall–Kier alpha value is -3.08. The molecule has 0 radical (unpaired) electrons. The van der Waals surface area contributed by atoms with Crippen LogP contribution in [-0.4, -0.2) is 45.3 Å². The van der Waals surface area contributed by atoms with Crippen LogP contribution >= 0.6 is 0 Å². The van der Waals surface area contributed by atoms with Crippen molar-refractivity contribution in [3.05, 3.63) is 82.6 Å². The van der Waals surface area contributed by atoms with Gasteiger partial charge in [-0.1, -0.05) is 65.7 Å². The number of aryl methyl sites for hydroxylation is 3. The Balaban J connectivity index is 1.76. The molecule has 2 amide bonds. The zero-order valence-corrected chi connectivity index (χ0v) is 20.4. The van der Waals surface area contributed by atoms with Gasteiger partial charge in [0, 0.05) is 26.1 Å². The number of allylic oxidation sites excluding steroid dienone is 1. The van der Waals surface area contributed by atoms with Gasteiger partial charge in [-0.15, -0.1) is 0 Å².